The fraction of sp³-hybridized carbons (Fsp3) is 0.294. The highest BCUT2D eigenvalue weighted by Crippen LogP contribution is 2.26. The van der Waals surface area contributed by atoms with Crippen molar-refractivity contribution in [1.29, 1.82) is 0 Å². The van der Waals surface area contributed by atoms with Crippen LogP contribution in [0.5, 0.6) is 0 Å². The summed E-state index contributed by atoms with van der Waals surface area (Å²) in [4.78, 5) is 0. The zero-order valence-corrected chi connectivity index (χ0v) is 13.9. The number of benzene rings is 1. The smallest absolute Gasteiger partial charge is 0.152 e. The first-order valence-corrected chi connectivity index (χ1v) is 9.72. The third kappa shape index (κ3) is 3.12. The van der Waals surface area contributed by atoms with Gasteiger partial charge in [0.15, 0.2) is 9.84 Å². The summed E-state index contributed by atoms with van der Waals surface area (Å²) < 4.78 is 26.9. The fourth-order valence-electron chi connectivity index (χ4n) is 3.04. The summed E-state index contributed by atoms with van der Waals surface area (Å²) in [6, 6.07) is 10.1. The van der Waals surface area contributed by atoms with Crippen molar-refractivity contribution in [3.63, 3.8) is 0 Å². The van der Waals surface area contributed by atoms with Crippen molar-refractivity contribution in [3.8, 4) is 11.1 Å². The summed E-state index contributed by atoms with van der Waals surface area (Å²) >= 11 is 0. The molecule has 4 rings (SSSR count). The SMILES string of the molecule is O=S1(=O)CCC(n2cc(-c3cnn(Cc4ccccc4)c3)cn2)C1. The normalized spacial score (nSPS) is 19.6. The van der Waals surface area contributed by atoms with Crippen LogP contribution < -0.4 is 0 Å². The van der Waals surface area contributed by atoms with Gasteiger partial charge in [0.05, 0.1) is 36.5 Å². The highest BCUT2D eigenvalue weighted by Gasteiger charge is 2.29. The molecular weight excluding hydrogens is 324 g/mol. The van der Waals surface area contributed by atoms with Crippen LogP contribution in [0.2, 0.25) is 0 Å². The van der Waals surface area contributed by atoms with Gasteiger partial charge < -0.3 is 0 Å². The van der Waals surface area contributed by atoms with Crippen LogP contribution in [0.1, 0.15) is 18.0 Å². The minimum Gasteiger partial charge on any atom is -0.268 e. The molecule has 0 radical (unpaired) electrons. The second kappa shape index (κ2) is 5.90. The van der Waals surface area contributed by atoms with Crippen molar-refractivity contribution < 1.29 is 8.42 Å². The lowest BCUT2D eigenvalue weighted by molar-refractivity contribution is 0.500. The van der Waals surface area contributed by atoms with Gasteiger partial charge in [-0.25, -0.2) is 8.42 Å². The molecule has 7 heteroatoms. The van der Waals surface area contributed by atoms with Crippen LogP contribution in [0.25, 0.3) is 11.1 Å². The maximum atomic E-state index is 11.6. The summed E-state index contributed by atoms with van der Waals surface area (Å²) in [5.74, 6) is 0.434. The Bertz CT molecular complexity index is 944. The Hall–Kier alpha value is -2.41. The van der Waals surface area contributed by atoms with E-state index in [1.54, 1.807) is 10.9 Å². The van der Waals surface area contributed by atoms with Crippen LogP contribution in [0, 0.1) is 0 Å². The molecule has 1 aromatic carbocycles. The van der Waals surface area contributed by atoms with Crippen molar-refractivity contribution in [2.45, 2.75) is 19.0 Å². The molecule has 2 aromatic heterocycles. The van der Waals surface area contributed by atoms with E-state index < -0.39 is 9.84 Å². The van der Waals surface area contributed by atoms with E-state index in [-0.39, 0.29) is 17.5 Å². The van der Waals surface area contributed by atoms with Crippen LogP contribution >= 0.6 is 0 Å². The molecule has 1 aliphatic rings. The molecule has 124 valence electrons. The molecule has 6 nitrogen and oxygen atoms in total. The van der Waals surface area contributed by atoms with Crippen LogP contribution in [0.15, 0.2) is 55.1 Å². The fourth-order valence-corrected chi connectivity index (χ4v) is 4.74. The number of hydrogen-bond donors (Lipinski definition) is 0. The molecule has 1 atom stereocenters. The number of nitrogens with zero attached hydrogens (tertiary/aromatic N) is 4. The van der Waals surface area contributed by atoms with Crippen LogP contribution in [0.4, 0.5) is 0 Å². The zero-order valence-electron chi connectivity index (χ0n) is 13.1. The van der Waals surface area contributed by atoms with Crippen LogP contribution in [-0.4, -0.2) is 39.5 Å². The van der Waals surface area contributed by atoms with Crippen molar-refractivity contribution in [2.24, 2.45) is 0 Å². The van der Waals surface area contributed by atoms with Gasteiger partial charge in [-0.05, 0) is 12.0 Å². The Balaban J connectivity index is 1.51. The van der Waals surface area contributed by atoms with E-state index in [4.69, 9.17) is 0 Å². The molecule has 0 bridgehead atoms. The van der Waals surface area contributed by atoms with E-state index in [9.17, 15) is 8.42 Å². The average molecular weight is 342 g/mol. The lowest BCUT2D eigenvalue weighted by Gasteiger charge is -2.06. The Morgan fingerprint density at radius 2 is 1.79 bits per heavy atom. The third-order valence-corrected chi connectivity index (χ3v) is 6.09. The summed E-state index contributed by atoms with van der Waals surface area (Å²) in [6.07, 6.45) is 8.12. The lowest BCUT2D eigenvalue weighted by atomic mass is 10.2. The molecule has 0 N–H and O–H groups in total. The van der Waals surface area contributed by atoms with E-state index in [1.807, 2.05) is 41.5 Å². The molecule has 3 aromatic rings. The number of aromatic nitrogens is 4. The Morgan fingerprint density at radius 3 is 2.54 bits per heavy atom. The predicted octanol–water partition coefficient (Wildman–Crippen LogP) is 2.15. The molecule has 0 aliphatic carbocycles. The minimum atomic E-state index is -2.91. The lowest BCUT2D eigenvalue weighted by Crippen LogP contribution is -2.11. The summed E-state index contributed by atoms with van der Waals surface area (Å²) in [5.41, 5.74) is 3.13. The second-order valence-electron chi connectivity index (χ2n) is 6.18. The molecule has 3 heterocycles. The predicted molar refractivity (Wildman–Crippen MR) is 91.3 cm³/mol. The number of sulfone groups is 1. The molecule has 1 fully saturated rings. The highest BCUT2D eigenvalue weighted by molar-refractivity contribution is 7.91. The topological polar surface area (TPSA) is 69.8 Å². The van der Waals surface area contributed by atoms with E-state index in [0.29, 0.717) is 6.42 Å². The summed E-state index contributed by atoms with van der Waals surface area (Å²) in [6.45, 7) is 0.718. The van der Waals surface area contributed by atoms with Gasteiger partial charge in [-0.3, -0.25) is 9.36 Å². The number of rotatable bonds is 4. The largest absolute Gasteiger partial charge is 0.268 e. The van der Waals surface area contributed by atoms with Gasteiger partial charge in [0.25, 0.3) is 0 Å². The molecule has 0 amide bonds. The molecule has 0 spiro atoms. The Kier molecular flexibility index (Phi) is 3.72. The Morgan fingerprint density at radius 1 is 1.04 bits per heavy atom. The quantitative estimate of drug-likeness (QED) is 0.728. The van der Waals surface area contributed by atoms with Gasteiger partial charge in [0.1, 0.15) is 0 Å². The van der Waals surface area contributed by atoms with Gasteiger partial charge in [-0.15, -0.1) is 0 Å². The first kappa shape index (κ1) is 15.1. The molecule has 1 unspecified atom stereocenters. The average Bonchev–Trinajstić information content (AvgIpc) is 3.27. The van der Waals surface area contributed by atoms with E-state index >= 15 is 0 Å². The molecule has 1 saturated heterocycles. The molecule has 0 saturated carbocycles. The van der Waals surface area contributed by atoms with E-state index in [0.717, 1.165) is 17.7 Å². The van der Waals surface area contributed by atoms with Crippen molar-refractivity contribution in [3.05, 3.63) is 60.7 Å². The second-order valence-corrected chi connectivity index (χ2v) is 8.41. The first-order valence-electron chi connectivity index (χ1n) is 7.90. The maximum Gasteiger partial charge on any atom is 0.152 e. The monoisotopic (exact) mass is 342 g/mol. The van der Waals surface area contributed by atoms with Gasteiger partial charge in [-0.2, -0.15) is 10.2 Å². The standard InChI is InChI=1S/C17H18N4O2S/c22-24(23)7-6-17(13-24)21-12-16(9-19-21)15-8-18-20(11-15)10-14-4-2-1-3-5-14/h1-5,8-9,11-12,17H,6-7,10,13H2. The maximum absolute atomic E-state index is 11.6. The molecule has 1 aliphatic heterocycles. The van der Waals surface area contributed by atoms with Crippen LogP contribution in [-0.2, 0) is 16.4 Å². The van der Waals surface area contributed by atoms with E-state index in [2.05, 4.69) is 22.3 Å². The molecule has 24 heavy (non-hydrogen) atoms. The van der Waals surface area contributed by atoms with Gasteiger partial charge >= 0.3 is 0 Å². The van der Waals surface area contributed by atoms with Crippen LogP contribution in [0.3, 0.4) is 0 Å². The van der Waals surface area contributed by atoms with Gasteiger partial charge in [0, 0.05) is 23.5 Å². The summed E-state index contributed by atoms with van der Waals surface area (Å²) in [7, 11) is -2.91. The summed E-state index contributed by atoms with van der Waals surface area (Å²) in [5, 5.41) is 8.75. The number of hydrogen-bond acceptors (Lipinski definition) is 4. The van der Waals surface area contributed by atoms with E-state index in [1.165, 1.54) is 5.56 Å². The minimum absolute atomic E-state index is 0.0527. The highest BCUT2D eigenvalue weighted by atomic mass is 32.2. The zero-order chi connectivity index (χ0) is 16.6. The van der Waals surface area contributed by atoms with Crippen molar-refractivity contribution >= 4 is 9.84 Å². The van der Waals surface area contributed by atoms with Crippen molar-refractivity contribution in [2.75, 3.05) is 11.5 Å². The van der Waals surface area contributed by atoms with Crippen molar-refractivity contribution in [1.82, 2.24) is 19.6 Å². The first-order chi connectivity index (χ1) is 11.6. The van der Waals surface area contributed by atoms with Gasteiger partial charge in [-0.1, -0.05) is 30.3 Å². The Labute approximate surface area is 140 Å². The third-order valence-electron chi connectivity index (χ3n) is 4.34. The molecular formula is C17H18N4O2S. The van der Waals surface area contributed by atoms with Gasteiger partial charge in [0.2, 0.25) is 0 Å².